The third kappa shape index (κ3) is 4.89. The lowest BCUT2D eigenvalue weighted by molar-refractivity contribution is -0.128. The Hall–Kier alpha value is -1.79. The second kappa shape index (κ2) is 8.73. The van der Waals surface area contributed by atoms with Crippen LogP contribution in [0.1, 0.15) is 18.4 Å². The number of thioether (sulfide) groups is 1. The van der Waals surface area contributed by atoms with Crippen molar-refractivity contribution in [1.29, 1.82) is 0 Å². The number of amides is 1. The third-order valence-electron chi connectivity index (χ3n) is 4.55. The largest absolute Gasteiger partial charge is 0.338 e. The SMILES string of the molecule is O=C(CSCc1ccccc1)N1CCCC1CS(=O)(=O)c1ccccc1. The molecule has 1 saturated heterocycles. The number of likely N-dealkylation sites (tertiary alicyclic amines) is 1. The average Bonchev–Trinajstić information content (AvgIpc) is 3.11. The van der Waals surface area contributed by atoms with Crippen LogP contribution < -0.4 is 0 Å². The summed E-state index contributed by atoms with van der Waals surface area (Å²) in [5, 5.41) is 0. The fourth-order valence-corrected chi connectivity index (χ4v) is 5.72. The summed E-state index contributed by atoms with van der Waals surface area (Å²) in [5.41, 5.74) is 1.19. The van der Waals surface area contributed by atoms with Crippen LogP contribution in [-0.4, -0.2) is 43.3 Å². The van der Waals surface area contributed by atoms with E-state index in [9.17, 15) is 13.2 Å². The maximum absolute atomic E-state index is 12.6. The molecule has 4 nitrogen and oxygen atoms in total. The van der Waals surface area contributed by atoms with Gasteiger partial charge in [0.15, 0.2) is 9.84 Å². The van der Waals surface area contributed by atoms with E-state index in [2.05, 4.69) is 0 Å². The smallest absolute Gasteiger partial charge is 0.232 e. The highest BCUT2D eigenvalue weighted by molar-refractivity contribution is 7.99. The zero-order valence-corrected chi connectivity index (χ0v) is 16.2. The van der Waals surface area contributed by atoms with Gasteiger partial charge in [-0.1, -0.05) is 48.5 Å². The van der Waals surface area contributed by atoms with Crippen molar-refractivity contribution >= 4 is 27.5 Å². The van der Waals surface area contributed by atoms with E-state index in [1.165, 1.54) is 5.56 Å². The molecule has 1 aliphatic heterocycles. The van der Waals surface area contributed by atoms with Gasteiger partial charge < -0.3 is 4.90 Å². The Bertz CT molecular complexity index is 823. The number of hydrogen-bond acceptors (Lipinski definition) is 4. The summed E-state index contributed by atoms with van der Waals surface area (Å²) >= 11 is 1.58. The first-order valence-electron chi connectivity index (χ1n) is 8.75. The molecule has 1 unspecified atom stereocenters. The Balaban J connectivity index is 1.56. The van der Waals surface area contributed by atoms with Crippen molar-refractivity contribution in [3.05, 3.63) is 66.2 Å². The molecule has 138 valence electrons. The van der Waals surface area contributed by atoms with E-state index < -0.39 is 9.84 Å². The average molecular weight is 390 g/mol. The molecule has 0 bridgehead atoms. The van der Waals surface area contributed by atoms with Gasteiger partial charge in [-0.05, 0) is 30.5 Å². The Kier molecular flexibility index (Phi) is 6.38. The molecular weight excluding hydrogens is 366 g/mol. The van der Waals surface area contributed by atoms with Crippen LogP contribution in [0.15, 0.2) is 65.6 Å². The van der Waals surface area contributed by atoms with E-state index in [-0.39, 0.29) is 17.7 Å². The molecule has 0 spiro atoms. The Labute approximate surface area is 159 Å². The summed E-state index contributed by atoms with van der Waals surface area (Å²) in [6.07, 6.45) is 1.62. The standard InChI is InChI=1S/C20H23NO3S2/c22-20(15-25-14-17-8-3-1-4-9-17)21-13-7-10-18(21)16-26(23,24)19-11-5-2-6-12-19/h1-6,8-9,11-12,18H,7,10,13-16H2. The molecule has 3 rings (SSSR count). The van der Waals surface area contributed by atoms with Gasteiger partial charge >= 0.3 is 0 Å². The van der Waals surface area contributed by atoms with Gasteiger partial charge in [-0.2, -0.15) is 0 Å². The minimum atomic E-state index is -3.37. The van der Waals surface area contributed by atoms with Crippen molar-refractivity contribution in [3.8, 4) is 0 Å². The maximum Gasteiger partial charge on any atom is 0.232 e. The lowest BCUT2D eigenvalue weighted by Gasteiger charge is -2.24. The predicted octanol–water partition coefficient (Wildman–Crippen LogP) is 3.38. The Morgan fingerprint density at radius 3 is 2.38 bits per heavy atom. The molecule has 0 aliphatic carbocycles. The highest BCUT2D eigenvalue weighted by atomic mass is 32.2. The first-order valence-corrected chi connectivity index (χ1v) is 11.6. The summed E-state index contributed by atoms with van der Waals surface area (Å²) in [6, 6.07) is 18.3. The molecule has 1 amide bonds. The number of hydrogen-bond donors (Lipinski definition) is 0. The quantitative estimate of drug-likeness (QED) is 0.728. The van der Waals surface area contributed by atoms with E-state index in [0.29, 0.717) is 17.2 Å². The molecule has 0 saturated carbocycles. The molecule has 26 heavy (non-hydrogen) atoms. The highest BCUT2D eigenvalue weighted by Gasteiger charge is 2.32. The zero-order valence-electron chi connectivity index (χ0n) is 14.6. The van der Waals surface area contributed by atoms with Gasteiger partial charge in [0.1, 0.15) is 0 Å². The van der Waals surface area contributed by atoms with Crippen LogP contribution in [0.4, 0.5) is 0 Å². The summed E-state index contributed by atoms with van der Waals surface area (Å²) in [4.78, 5) is 14.7. The molecule has 1 heterocycles. The maximum atomic E-state index is 12.6. The van der Waals surface area contributed by atoms with Crippen molar-refractivity contribution in [3.63, 3.8) is 0 Å². The van der Waals surface area contributed by atoms with Crippen LogP contribution in [0.2, 0.25) is 0 Å². The van der Waals surface area contributed by atoms with E-state index in [1.807, 2.05) is 30.3 Å². The zero-order chi connectivity index (χ0) is 18.4. The van der Waals surface area contributed by atoms with Crippen LogP contribution in [0.5, 0.6) is 0 Å². The van der Waals surface area contributed by atoms with Crippen molar-refractivity contribution in [2.75, 3.05) is 18.1 Å². The van der Waals surface area contributed by atoms with Crippen LogP contribution in [0.3, 0.4) is 0 Å². The van der Waals surface area contributed by atoms with E-state index in [0.717, 1.165) is 18.6 Å². The molecule has 2 aromatic carbocycles. The second-order valence-electron chi connectivity index (χ2n) is 6.46. The van der Waals surface area contributed by atoms with E-state index in [4.69, 9.17) is 0 Å². The van der Waals surface area contributed by atoms with Gasteiger partial charge in [-0.25, -0.2) is 8.42 Å². The van der Waals surface area contributed by atoms with Crippen LogP contribution in [-0.2, 0) is 20.4 Å². The fourth-order valence-electron chi connectivity index (χ4n) is 3.23. The lowest BCUT2D eigenvalue weighted by Crippen LogP contribution is -2.40. The minimum absolute atomic E-state index is 0.00606. The first kappa shape index (κ1) is 19.0. The number of nitrogens with zero attached hydrogens (tertiary/aromatic N) is 1. The third-order valence-corrected chi connectivity index (χ3v) is 7.35. The van der Waals surface area contributed by atoms with Crippen LogP contribution in [0, 0.1) is 0 Å². The van der Waals surface area contributed by atoms with Crippen molar-refractivity contribution < 1.29 is 13.2 Å². The summed E-state index contributed by atoms with van der Waals surface area (Å²) in [5.74, 6) is 1.22. The van der Waals surface area contributed by atoms with Gasteiger partial charge in [0, 0.05) is 18.3 Å². The molecule has 0 aromatic heterocycles. The summed E-state index contributed by atoms with van der Waals surface area (Å²) < 4.78 is 25.2. The minimum Gasteiger partial charge on any atom is -0.338 e. The topological polar surface area (TPSA) is 54.5 Å². The van der Waals surface area contributed by atoms with Gasteiger partial charge in [0.25, 0.3) is 0 Å². The van der Waals surface area contributed by atoms with Crippen molar-refractivity contribution in [1.82, 2.24) is 4.90 Å². The van der Waals surface area contributed by atoms with Gasteiger partial charge in [-0.15, -0.1) is 11.8 Å². The molecule has 0 radical (unpaired) electrons. The van der Waals surface area contributed by atoms with Crippen LogP contribution in [0.25, 0.3) is 0 Å². The van der Waals surface area contributed by atoms with Gasteiger partial charge in [0.2, 0.25) is 5.91 Å². The molecule has 1 fully saturated rings. The normalized spacial score (nSPS) is 17.4. The number of carbonyl (C=O) groups excluding carboxylic acids is 1. The molecule has 1 aliphatic rings. The van der Waals surface area contributed by atoms with Gasteiger partial charge in [0.05, 0.1) is 16.4 Å². The molecule has 1 atom stereocenters. The Morgan fingerprint density at radius 2 is 1.69 bits per heavy atom. The molecule has 6 heteroatoms. The van der Waals surface area contributed by atoms with Crippen molar-refractivity contribution in [2.24, 2.45) is 0 Å². The summed E-state index contributed by atoms with van der Waals surface area (Å²) in [6.45, 7) is 0.652. The highest BCUT2D eigenvalue weighted by Crippen LogP contribution is 2.23. The monoisotopic (exact) mass is 389 g/mol. The second-order valence-corrected chi connectivity index (χ2v) is 9.48. The molecular formula is C20H23NO3S2. The van der Waals surface area contributed by atoms with E-state index in [1.54, 1.807) is 47.0 Å². The lowest BCUT2D eigenvalue weighted by atomic mass is 10.2. The number of carbonyl (C=O) groups is 1. The van der Waals surface area contributed by atoms with Gasteiger partial charge in [-0.3, -0.25) is 4.79 Å². The Morgan fingerprint density at radius 1 is 1.04 bits per heavy atom. The predicted molar refractivity (Wildman–Crippen MR) is 106 cm³/mol. The summed E-state index contributed by atoms with van der Waals surface area (Å²) in [7, 11) is -3.37. The number of benzene rings is 2. The van der Waals surface area contributed by atoms with Crippen LogP contribution >= 0.6 is 11.8 Å². The van der Waals surface area contributed by atoms with Crippen molar-refractivity contribution in [2.45, 2.75) is 29.5 Å². The number of rotatable bonds is 7. The fraction of sp³-hybridized carbons (Fsp3) is 0.350. The molecule has 0 N–H and O–H groups in total. The number of sulfone groups is 1. The molecule has 2 aromatic rings. The first-order chi connectivity index (χ1) is 12.6. The van der Waals surface area contributed by atoms with E-state index >= 15 is 0 Å².